The van der Waals surface area contributed by atoms with E-state index in [1.807, 2.05) is 30.3 Å². The van der Waals surface area contributed by atoms with E-state index in [0.29, 0.717) is 13.1 Å². The van der Waals surface area contributed by atoms with Crippen LogP contribution in [0.5, 0.6) is 0 Å². The molecule has 6 nitrogen and oxygen atoms in total. The summed E-state index contributed by atoms with van der Waals surface area (Å²) in [5, 5.41) is 3.08. The topological polar surface area (TPSA) is 63.1 Å². The van der Waals surface area contributed by atoms with Gasteiger partial charge in [-0.2, -0.15) is 0 Å². The Morgan fingerprint density at radius 3 is 2.52 bits per heavy atom. The van der Waals surface area contributed by atoms with Gasteiger partial charge in [-0.25, -0.2) is 0 Å². The summed E-state index contributed by atoms with van der Waals surface area (Å²) in [6.45, 7) is 7.63. The number of ether oxygens (including phenoxy) is 1. The van der Waals surface area contributed by atoms with Crippen LogP contribution in [-0.2, 0) is 33.8 Å². The van der Waals surface area contributed by atoms with Crippen molar-refractivity contribution in [2.45, 2.75) is 32.9 Å². The van der Waals surface area contributed by atoms with Crippen molar-refractivity contribution in [1.29, 1.82) is 0 Å². The number of carbonyl (C=O) groups excluding carboxylic acids is 2. The molecule has 2 saturated heterocycles. The van der Waals surface area contributed by atoms with Crippen LogP contribution in [0.15, 0.2) is 48.5 Å². The van der Waals surface area contributed by atoms with Crippen LogP contribution in [-0.4, -0.2) is 44.7 Å². The molecule has 6 heteroatoms. The highest BCUT2D eigenvalue weighted by atomic mass is 16.5. The van der Waals surface area contributed by atoms with Gasteiger partial charge in [0, 0.05) is 30.8 Å². The van der Waals surface area contributed by atoms with Gasteiger partial charge in [0.05, 0.1) is 19.1 Å². The summed E-state index contributed by atoms with van der Waals surface area (Å²) < 4.78 is 5.46. The van der Waals surface area contributed by atoms with Gasteiger partial charge in [-0.05, 0) is 29.7 Å². The number of carbonyl (C=O) groups is 2. The zero-order valence-corrected chi connectivity index (χ0v) is 18.2. The van der Waals surface area contributed by atoms with E-state index in [1.54, 1.807) is 4.90 Å². The van der Waals surface area contributed by atoms with E-state index >= 15 is 0 Å². The first-order valence-corrected chi connectivity index (χ1v) is 11.3. The van der Waals surface area contributed by atoms with E-state index in [9.17, 15) is 9.59 Å². The van der Waals surface area contributed by atoms with E-state index in [-0.39, 0.29) is 24.2 Å². The number of hydrogen-bond acceptors (Lipinski definition) is 3. The first-order valence-electron chi connectivity index (χ1n) is 11.3. The van der Waals surface area contributed by atoms with Gasteiger partial charge in [0.2, 0.25) is 11.8 Å². The first kappa shape index (κ1) is 21.5. The molecule has 4 rings (SSSR count). The van der Waals surface area contributed by atoms with Gasteiger partial charge in [0.15, 0.2) is 0 Å². The molecule has 2 N–H and O–H groups in total. The second-order valence-electron chi connectivity index (χ2n) is 8.45. The minimum Gasteiger partial charge on any atom is -0.370 e. The summed E-state index contributed by atoms with van der Waals surface area (Å²) in [5.74, 6) is -0.342. The van der Waals surface area contributed by atoms with E-state index < -0.39 is 0 Å². The zero-order valence-electron chi connectivity index (χ0n) is 18.2. The molecule has 2 heterocycles. The monoisotopic (exact) mass is 422 g/mol. The second kappa shape index (κ2) is 10.1. The number of aryl methyl sites for hydroxylation is 1. The maximum absolute atomic E-state index is 12.8. The number of morpholine rings is 1. The summed E-state index contributed by atoms with van der Waals surface area (Å²) in [6, 6.07) is 16.3. The lowest BCUT2D eigenvalue weighted by Crippen LogP contribution is -3.12. The molecule has 164 valence electrons. The summed E-state index contributed by atoms with van der Waals surface area (Å²) in [7, 11) is 0. The highest BCUT2D eigenvalue weighted by molar-refractivity contribution is 6.00. The molecule has 0 bridgehead atoms. The van der Waals surface area contributed by atoms with Gasteiger partial charge in [-0.3, -0.25) is 9.59 Å². The molecule has 0 spiro atoms. The Balaban J connectivity index is 1.34. The molecular weight excluding hydrogens is 390 g/mol. The van der Waals surface area contributed by atoms with Crippen molar-refractivity contribution in [2.24, 2.45) is 5.92 Å². The lowest BCUT2D eigenvalue weighted by atomic mass is 10.1. The fraction of sp³-hybridized carbons (Fsp3) is 0.440. The Hall–Kier alpha value is -2.70. The number of rotatable bonds is 7. The minimum absolute atomic E-state index is 0.0146. The number of benzene rings is 2. The summed E-state index contributed by atoms with van der Waals surface area (Å²) in [4.78, 5) is 28.6. The summed E-state index contributed by atoms with van der Waals surface area (Å²) in [6.07, 6.45) is 1.23. The molecule has 0 aromatic heterocycles. The minimum atomic E-state index is -0.310. The maximum atomic E-state index is 12.8. The third-order valence-corrected chi connectivity index (χ3v) is 6.36. The van der Waals surface area contributed by atoms with Gasteiger partial charge in [0.1, 0.15) is 19.6 Å². The summed E-state index contributed by atoms with van der Waals surface area (Å²) >= 11 is 0. The normalized spacial score (nSPS) is 19.6. The van der Waals surface area contributed by atoms with Crippen LogP contribution in [0.2, 0.25) is 0 Å². The molecule has 0 aliphatic carbocycles. The number of anilines is 1. The van der Waals surface area contributed by atoms with Crippen LogP contribution in [0.3, 0.4) is 0 Å². The van der Waals surface area contributed by atoms with Crippen LogP contribution in [0.1, 0.15) is 30.0 Å². The average molecular weight is 423 g/mol. The van der Waals surface area contributed by atoms with Crippen molar-refractivity contribution in [1.82, 2.24) is 5.32 Å². The molecule has 0 saturated carbocycles. The first-order chi connectivity index (χ1) is 15.1. The number of nitrogens with zero attached hydrogens (tertiary/aromatic N) is 1. The molecular formula is C25H32N3O3+. The molecule has 2 amide bonds. The van der Waals surface area contributed by atoms with Gasteiger partial charge < -0.3 is 19.9 Å². The van der Waals surface area contributed by atoms with Gasteiger partial charge in [0.25, 0.3) is 0 Å². The molecule has 2 aromatic rings. The van der Waals surface area contributed by atoms with E-state index in [2.05, 4.69) is 30.4 Å². The SMILES string of the molecule is CCc1ccc(N2C[C@H](C(=O)NCc3ccccc3C[NH+]3CCOCC3)CC2=O)cc1. The van der Waals surface area contributed by atoms with Gasteiger partial charge in [-0.15, -0.1) is 0 Å². The molecule has 2 aromatic carbocycles. The van der Waals surface area contributed by atoms with Crippen LogP contribution in [0, 0.1) is 5.92 Å². The van der Waals surface area contributed by atoms with Gasteiger partial charge >= 0.3 is 0 Å². The highest BCUT2D eigenvalue weighted by Gasteiger charge is 2.35. The average Bonchev–Trinajstić information content (AvgIpc) is 3.21. The highest BCUT2D eigenvalue weighted by Crippen LogP contribution is 2.25. The predicted molar refractivity (Wildman–Crippen MR) is 120 cm³/mol. The van der Waals surface area contributed by atoms with Crippen molar-refractivity contribution in [3.63, 3.8) is 0 Å². The number of amides is 2. The Morgan fingerprint density at radius 2 is 1.81 bits per heavy atom. The Kier molecular flexibility index (Phi) is 6.99. The largest absolute Gasteiger partial charge is 0.370 e. The quantitative estimate of drug-likeness (QED) is 0.708. The smallest absolute Gasteiger partial charge is 0.227 e. The lowest BCUT2D eigenvalue weighted by Gasteiger charge is -2.24. The van der Waals surface area contributed by atoms with E-state index in [4.69, 9.17) is 4.74 Å². The fourth-order valence-corrected chi connectivity index (χ4v) is 4.38. The van der Waals surface area contributed by atoms with Crippen molar-refractivity contribution >= 4 is 17.5 Å². The number of nitrogens with one attached hydrogen (secondary N) is 2. The maximum Gasteiger partial charge on any atom is 0.227 e. The van der Waals surface area contributed by atoms with Crippen LogP contribution in [0.4, 0.5) is 5.69 Å². The molecule has 2 fully saturated rings. The Morgan fingerprint density at radius 1 is 1.10 bits per heavy atom. The zero-order chi connectivity index (χ0) is 21.6. The lowest BCUT2D eigenvalue weighted by molar-refractivity contribution is -0.921. The van der Waals surface area contributed by atoms with E-state index in [0.717, 1.165) is 50.5 Å². The van der Waals surface area contributed by atoms with Crippen LogP contribution >= 0.6 is 0 Å². The second-order valence-corrected chi connectivity index (χ2v) is 8.45. The third kappa shape index (κ3) is 5.32. The predicted octanol–water partition coefficient (Wildman–Crippen LogP) is 1.33. The molecule has 0 unspecified atom stereocenters. The van der Waals surface area contributed by atoms with Crippen molar-refractivity contribution in [3.05, 3.63) is 65.2 Å². The fourth-order valence-electron chi connectivity index (χ4n) is 4.38. The summed E-state index contributed by atoms with van der Waals surface area (Å²) in [5.41, 5.74) is 4.52. The van der Waals surface area contributed by atoms with Crippen molar-refractivity contribution < 1.29 is 19.2 Å². The standard InChI is InChI=1S/C25H31N3O3/c1-2-19-7-9-23(10-8-19)28-18-22(15-24(28)29)25(30)26-16-20-5-3-4-6-21(20)17-27-11-13-31-14-12-27/h3-10,22H,2,11-18H2,1H3,(H,26,30)/p+1/t22-/m1/s1. The number of hydrogen-bond donors (Lipinski definition) is 2. The Labute approximate surface area is 184 Å². The third-order valence-electron chi connectivity index (χ3n) is 6.36. The molecule has 31 heavy (non-hydrogen) atoms. The van der Waals surface area contributed by atoms with Crippen LogP contribution in [0.25, 0.3) is 0 Å². The molecule has 2 aliphatic heterocycles. The van der Waals surface area contributed by atoms with Crippen molar-refractivity contribution in [2.75, 3.05) is 37.7 Å². The van der Waals surface area contributed by atoms with Gasteiger partial charge in [-0.1, -0.05) is 43.3 Å². The number of quaternary nitrogens is 1. The molecule has 1 atom stereocenters. The Bertz CT molecular complexity index is 906. The van der Waals surface area contributed by atoms with Crippen molar-refractivity contribution in [3.8, 4) is 0 Å². The van der Waals surface area contributed by atoms with E-state index in [1.165, 1.54) is 16.0 Å². The molecule has 2 aliphatic rings. The molecule has 0 radical (unpaired) electrons. The van der Waals surface area contributed by atoms with Crippen LogP contribution < -0.4 is 15.1 Å².